The van der Waals surface area contributed by atoms with Gasteiger partial charge in [-0.1, -0.05) is 30.5 Å². The Morgan fingerprint density at radius 1 is 1.19 bits per heavy atom. The van der Waals surface area contributed by atoms with Crippen LogP contribution in [0.4, 0.5) is 0 Å². The van der Waals surface area contributed by atoms with Gasteiger partial charge in [-0.05, 0) is 45.8 Å². The second-order valence-corrected chi connectivity index (χ2v) is 6.18. The fourth-order valence-corrected chi connectivity index (χ4v) is 3.10. The summed E-state index contributed by atoms with van der Waals surface area (Å²) in [5.41, 5.74) is 2.54. The summed E-state index contributed by atoms with van der Waals surface area (Å²) in [5.74, 6) is 0.982. The predicted octanol–water partition coefficient (Wildman–Crippen LogP) is 3.53. The van der Waals surface area contributed by atoms with E-state index in [1.165, 1.54) is 49.9 Å². The molecule has 2 rings (SSSR count). The molecule has 1 aliphatic heterocycles. The van der Waals surface area contributed by atoms with Gasteiger partial charge >= 0.3 is 0 Å². The first-order chi connectivity index (χ1) is 10.2. The molecule has 1 aromatic carbocycles. The first kappa shape index (κ1) is 16.3. The highest BCUT2D eigenvalue weighted by Crippen LogP contribution is 2.25. The molecule has 0 aliphatic carbocycles. The SMILES string of the molecule is COc1ccc(C)cc1C(C)NCCN1CCCCCC1. The van der Waals surface area contributed by atoms with Gasteiger partial charge in [0.15, 0.2) is 0 Å². The normalized spacial score (nSPS) is 18.2. The Bertz CT molecular complexity index is 425. The number of nitrogens with zero attached hydrogens (tertiary/aromatic N) is 1. The van der Waals surface area contributed by atoms with E-state index in [2.05, 4.69) is 42.3 Å². The largest absolute Gasteiger partial charge is 0.496 e. The topological polar surface area (TPSA) is 24.5 Å². The minimum atomic E-state index is 0.326. The molecule has 1 aromatic rings. The zero-order valence-electron chi connectivity index (χ0n) is 13.8. The summed E-state index contributed by atoms with van der Waals surface area (Å²) in [6.07, 6.45) is 5.53. The molecule has 3 nitrogen and oxygen atoms in total. The van der Waals surface area contributed by atoms with E-state index in [9.17, 15) is 0 Å². The van der Waals surface area contributed by atoms with Gasteiger partial charge in [-0.25, -0.2) is 0 Å². The van der Waals surface area contributed by atoms with Crippen LogP contribution in [0.3, 0.4) is 0 Å². The maximum absolute atomic E-state index is 5.48. The van der Waals surface area contributed by atoms with Crippen LogP contribution in [0.25, 0.3) is 0 Å². The average molecular weight is 290 g/mol. The lowest BCUT2D eigenvalue weighted by molar-refractivity contribution is 0.280. The van der Waals surface area contributed by atoms with Gasteiger partial charge in [-0.3, -0.25) is 0 Å². The zero-order chi connectivity index (χ0) is 15.1. The van der Waals surface area contributed by atoms with Crippen LogP contribution in [0.1, 0.15) is 49.8 Å². The summed E-state index contributed by atoms with van der Waals surface area (Å²) >= 11 is 0. The van der Waals surface area contributed by atoms with Crippen LogP contribution in [0, 0.1) is 6.92 Å². The van der Waals surface area contributed by atoms with E-state index in [0.717, 1.165) is 18.8 Å². The third-order valence-corrected chi connectivity index (χ3v) is 4.43. The van der Waals surface area contributed by atoms with Crippen molar-refractivity contribution < 1.29 is 4.74 Å². The van der Waals surface area contributed by atoms with Gasteiger partial charge in [-0.15, -0.1) is 0 Å². The van der Waals surface area contributed by atoms with Crippen LogP contribution in [-0.2, 0) is 0 Å². The molecule has 0 radical (unpaired) electrons. The number of ether oxygens (including phenoxy) is 1. The molecular formula is C18H30N2O. The minimum Gasteiger partial charge on any atom is -0.496 e. The summed E-state index contributed by atoms with van der Waals surface area (Å²) < 4.78 is 5.48. The monoisotopic (exact) mass is 290 g/mol. The summed E-state index contributed by atoms with van der Waals surface area (Å²) in [4.78, 5) is 2.60. The van der Waals surface area contributed by atoms with Crippen LogP contribution in [0.5, 0.6) is 5.75 Å². The summed E-state index contributed by atoms with van der Waals surface area (Å²) in [6, 6.07) is 6.72. The molecule has 1 atom stereocenters. The summed E-state index contributed by atoms with van der Waals surface area (Å²) in [5, 5.41) is 3.65. The number of likely N-dealkylation sites (tertiary alicyclic amines) is 1. The van der Waals surface area contributed by atoms with E-state index in [4.69, 9.17) is 4.74 Å². The molecule has 0 bridgehead atoms. The molecule has 1 heterocycles. The molecular weight excluding hydrogens is 260 g/mol. The van der Waals surface area contributed by atoms with E-state index in [-0.39, 0.29) is 0 Å². The van der Waals surface area contributed by atoms with Crippen molar-refractivity contribution in [2.75, 3.05) is 33.3 Å². The highest BCUT2D eigenvalue weighted by Gasteiger charge is 2.12. The Kier molecular flexibility index (Phi) is 6.52. The van der Waals surface area contributed by atoms with Gasteiger partial charge in [0.2, 0.25) is 0 Å². The van der Waals surface area contributed by atoms with Crippen molar-refractivity contribution in [3.63, 3.8) is 0 Å². The second kappa shape index (κ2) is 8.40. The third kappa shape index (κ3) is 5.01. The van der Waals surface area contributed by atoms with Crippen LogP contribution < -0.4 is 10.1 Å². The van der Waals surface area contributed by atoms with Crippen molar-refractivity contribution in [1.29, 1.82) is 0 Å². The van der Waals surface area contributed by atoms with Crippen molar-refractivity contribution >= 4 is 0 Å². The Morgan fingerprint density at radius 2 is 1.90 bits per heavy atom. The number of hydrogen-bond acceptors (Lipinski definition) is 3. The number of methoxy groups -OCH3 is 1. The molecule has 1 saturated heterocycles. The van der Waals surface area contributed by atoms with Gasteiger partial charge in [-0.2, -0.15) is 0 Å². The molecule has 0 aromatic heterocycles. The lowest BCUT2D eigenvalue weighted by Crippen LogP contribution is -2.33. The van der Waals surface area contributed by atoms with Crippen LogP contribution in [0.2, 0.25) is 0 Å². The van der Waals surface area contributed by atoms with Crippen molar-refractivity contribution in [1.82, 2.24) is 10.2 Å². The summed E-state index contributed by atoms with van der Waals surface area (Å²) in [6.45, 7) is 9.08. The Labute approximate surface area is 129 Å². The first-order valence-corrected chi connectivity index (χ1v) is 8.31. The molecule has 0 saturated carbocycles. The van der Waals surface area contributed by atoms with E-state index in [1.54, 1.807) is 7.11 Å². The van der Waals surface area contributed by atoms with E-state index < -0.39 is 0 Å². The van der Waals surface area contributed by atoms with Crippen molar-refractivity contribution in [2.24, 2.45) is 0 Å². The highest BCUT2D eigenvalue weighted by molar-refractivity contribution is 5.38. The lowest BCUT2D eigenvalue weighted by atomic mass is 10.0. The second-order valence-electron chi connectivity index (χ2n) is 6.18. The highest BCUT2D eigenvalue weighted by atomic mass is 16.5. The van der Waals surface area contributed by atoms with E-state index >= 15 is 0 Å². The lowest BCUT2D eigenvalue weighted by Gasteiger charge is -2.22. The third-order valence-electron chi connectivity index (χ3n) is 4.43. The molecule has 118 valence electrons. The van der Waals surface area contributed by atoms with Crippen LogP contribution in [0.15, 0.2) is 18.2 Å². The number of hydrogen-bond donors (Lipinski definition) is 1. The summed E-state index contributed by atoms with van der Waals surface area (Å²) in [7, 11) is 1.75. The molecule has 1 aliphatic rings. The van der Waals surface area contributed by atoms with Gasteiger partial charge in [0, 0.05) is 24.7 Å². The standard InChI is InChI=1S/C18H30N2O/c1-15-8-9-18(21-3)17(14-15)16(2)19-10-13-20-11-6-4-5-7-12-20/h8-9,14,16,19H,4-7,10-13H2,1-3H3. The minimum absolute atomic E-state index is 0.326. The molecule has 0 amide bonds. The fourth-order valence-electron chi connectivity index (χ4n) is 3.10. The average Bonchev–Trinajstić information content (AvgIpc) is 2.76. The van der Waals surface area contributed by atoms with Crippen molar-refractivity contribution in [2.45, 2.75) is 45.6 Å². The van der Waals surface area contributed by atoms with Crippen LogP contribution in [-0.4, -0.2) is 38.2 Å². The quantitative estimate of drug-likeness (QED) is 0.867. The number of aryl methyl sites for hydroxylation is 1. The number of rotatable bonds is 6. The number of benzene rings is 1. The van der Waals surface area contributed by atoms with Gasteiger partial charge in [0.25, 0.3) is 0 Å². The van der Waals surface area contributed by atoms with E-state index in [1.807, 2.05) is 0 Å². The van der Waals surface area contributed by atoms with Crippen molar-refractivity contribution in [3.05, 3.63) is 29.3 Å². The Balaban J connectivity index is 1.83. The fraction of sp³-hybridized carbons (Fsp3) is 0.667. The van der Waals surface area contributed by atoms with Crippen molar-refractivity contribution in [3.8, 4) is 5.75 Å². The Hall–Kier alpha value is -1.06. The van der Waals surface area contributed by atoms with Gasteiger partial charge in [0.05, 0.1) is 7.11 Å². The Morgan fingerprint density at radius 3 is 2.57 bits per heavy atom. The maximum atomic E-state index is 5.48. The van der Waals surface area contributed by atoms with E-state index in [0.29, 0.717) is 6.04 Å². The van der Waals surface area contributed by atoms with Gasteiger partial charge < -0.3 is 15.0 Å². The smallest absolute Gasteiger partial charge is 0.123 e. The molecule has 1 unspecified atom stereocenters. The maximum Gasteiger partial charge on any atom is 0.123 e. The predicted molar refractivity (Wildman–Crippen MR) is 89.1 cm³/mol. The zero-order valence-corrected chi connectivity index (χ0v) is 13.8. The number of nitrogens with one attached hydrogen (secondary N) is 1. The van der Waals surface area contributed by atoms with Crippen LogP contribution >= 0.6 is 0 Å². The molecule has 21 heavy (non-hydrogen) atoms. The molecule has 0 spiro atoms. The first-order valence-electron chi connectivity index (χ1n) is 8.31. The van der Waals surface area contributed by atoms with Gasteiger partial charge in [0.1, 0.15) is 5.75 Å². The molecule has 3 heteroatoms. The molecule has 1 N–H and O–H groups in total. The molecule has 1 fully saturated rings.